The Bertz CT molecular complexity index is 822. The molecule has 2 aromatic rings. The quantitative estimate of drug-likeness (QED) is 0.648. The minimum Gasteiger partial charge on any atom is -0.493 e. The van der Waals surface area contributed by atoms with Gasteiger partial charge in [-0.05, 0) is 31.5 Å². The van der Waals surface area contributed by atoms with E-state index in [0.29, 0.717) is 22.8 Å². The van der Waals surface area contributed by atoms with E-state index in [-0.39, 0.29) is 24.9 Å². The first-order chi connectivity index (χ1) is 13.9. The van der Waals surface area contributed by atoms with E-state index in [0.717, 1.165) is 11.1 Å². The average Bonchev–Trinajstić information content (AvgIpc) is 2.72. The molecule has 156 valence electrons. The van der Waals surface area contributed by atoms with Crippen LogP contribution in [0.2, 0.25) is 0 Å². The highest BCUT2D eigenvalue weighted by molar-refractivity contribution is 5.96. The zero-order chi connectivity index (χ0) is 21.4. The van der Waals surface area contributed by atoms with Crippen LogP contribution >= 0.6 is 0 Å². The highest BCUT2D eigenvalue weighted by atomic mass is 16.5. The maximum Gasteiger partial charge on any atom is 0.308 e. The van der Waals surface area contributed by atoms with Gasteiger partial charge in [-0.1, -0.05) is 29.8 Å². The lowest BCUT2D eigenvalue weighted by Crippen LogP contribution is -2.30. The lowest BCUT2D eigenvalue weighted by molar-refractivity contribution is -0.143. The summed E-state index contributed by atoms with van der Waals surface area (Å²) in [6.07, 6.45) is 0.0209. The van der Waals surface area contributed by atoms with E-state index in [1.54, 1.807) is 19.1 Å². The standard InChI is InChI=1S/C22H27NO6/c1-6-29-20(24)13-17(15-9-7-14(2)8-10-15)23-22(25)16-11-18(26-3)21(28-5)19(12-16)27-4/h7-12,17H,6,13H2,1-5H3,(H,23,25). The number of aryl methyl sites for hydroxylation is 1. The van der Waals surface area contributed by atoms with E-state index in [1.807, 2.05) is 31.2 Å². The molecule has 0 saturated heterocycles. The smallest absolute Gasteiger partial charge is 0.308 e. The number of rotatable bonds is 9. The van der Waals surface area contributed by atoms with Gasteiger partial charge < -0.3 is 24.3 Å². The van der Waals surface area contributed by atoms with Gasteiger partial charge in [0.1, 0.15) is 0 Å². The molecule has 0 fully saturated rings. The first-order valence-electron chi connectivity index (χ1n) is 9.26. The number of hydrogen-bond donors (Lipinski definition) is 1. The monoisotopic (exact) mass is 401 g/mol. The summed E-state index contributed by atoms with van der Waals surface area (Å²) in [5.41, 5.74) is 2.21. The van der Waals surface area contributed by atoms with Gasteiger partial charge in [0.2, 0.25) is 5.75 Å². The zero-order valence-electron chi connectivity index (χ0n) is 17.4. The maximum atomic E-state index is 13.0. The number of benzene rings is 2. The summed E-state index contributed by atoms with van der Waals surface area (Å²) in [5.74, 6) is 0.374. The van der Waals surface area contributed by atoms with E-state index in [2.05, 4.69) is 5.32 Å². The van der Waals surface area contributed by atoms with E-state index in [1.165, 1.54) is 21.3 Å². The highest BCUT2D eigenvalue weighted by Crippen LogP contribution is 2.38. The molecule has 0 spiro atoms. The van der Waals surface area contributed by atoms with Crippen LogP contribution < -0.4 is 19.5 Å². The van der Waals surface area contributed by atoms with Crippen LogP contribution in [-0.2, 0) is 9.53 Å². The molecular formula is C22H27NO6. The summed E-state index contributed by atoms with van der Waals surface area (Å²) in [7, 11) is 4.45. The van der Waals surface area contributed by atoms with Crippen LogP contribution in [0, 0.1) is 6.92 Å². The molecule has 7 nitrogen and oxygen atoms in total. The van der Waals surface area contributed by atoms with Crippen molar-refractivity contribution in [2.24, 2.45) is 0 Å². The second-order valence-corrected chi connectivity index (χ2v) is 6.36. The van der Waals surface area contributed by atoms with E-state index in [9.17, 15) is 9.59 Å². The molecule has 1 N–H and O–H groups in total. The lowest BCUT2D eigenvalue weighted by Gasteiger charge is -2.20. The van der Waals surface area contributed by atoms with Crippen molar-refractivity contribution in [3.8, 4) is 17.2 Å². The van der Waals surface area contributed by atoms with Gasteiger partial charge in [0.15, 0.2) is 11.5 Å². The summed E-state index contributed by atoms with van der Waals surface area (Å²) < 4.78 is 21.0. The van der Waals surface area contributed by atoms with Gasteiger partial charge in [-0.15, -0.1) is 0 Å². The van der Waals surface area contributed by atoms with E-state index in [4.69, 9.17) is 18.9 Å². The van der Waals surface area contributed by atoms with E-state index < -0.39 is 6.04 Å². The Labute approximate surface area is 170 Å². The van der Waals surface area contributed by atoms with Crippen molar-refractivity contribution >= 4 is 11.9 Å². The number of amides is 1. The van der Waals surface area contributed by atoms with Crippen molar-refractivity contribution in [3.05, 3.63) is 53.1 Å². The molecule has 1 atom stereocenters. The van der Waals surface area contributed by atoms with Crippen molar-refractivity contribution in [3.63, 3.8) is 0 Å². The molecule has 2 aromatic carbocycles. The first-order valence-corrected chi connectivity index (χ1v) is 9.26. The SMILES string of the molecule is CCOC(=O)CC(NC(=O)c1cc(OC)c(OC)c(OC)c1)c1ccc(C)cc1. The van der Waals surface area contributed by atoms with Gasteiger partial charge in [-0.3, -0.25) is 9.59 Å². The molecule has 0 aliphatic heterocycles. The first kappa shape index (κ1) is 22.1. The summed E-state index contributed by atoms with van der Waals surface area (Å²) in [6.45, 7) is 3.99. The molecule has 29 heavy (non-hydrogen) atoms. The third-order valence-corrected chi connectivity index (χ3v) is 4.39. The van der Waals surface area contributed by atoms with Crippen molar-refractivity contribution in [2.45, 2.75) is 26.3 Å². The molecule has 0 aliphatic carbocycles. The second kappa shape index (κ2) is 10.4. The van der Waals surface area contributed by atoms with Gasteiger partial charge in [-0.2, -0.15) is 0 Å². The molecule has 0 bridgehead atoms. The van der Waals surface area contributed by atoms with Crippen molar-refractivity contribution < 1.29 is 28.5 Å². The Morgan fingerprint density at radius 3 is 2.03 bits per heavy atom. The summed E-state index contributed by atoms with van der Waals surface area (Å²) in [5, 5.41) is 2.91. The maximum absolute atomic E-state index is 13.0. The summed E-state index contributed by atoms with van der Waals surface area (Å²) in [4.78, 5) is 25.0. The Kier molecular flexibility index (Phi) is 7.88. The molecule has 1 amide bonds. The number of carbonyl (C=O) groups excluding carboxylic acids is 2. The van der Waals surface area contributed by atoms with Gasteiger partial charge in [0, 0.05) is 5.56 Å². The van der Waals surface area contributed by atoms with Crippen LogP contribution in [0.3, 0.4) is 0 Å². The molecule has 0 saturated carbocycles. The molecule has 1 unspecified atom stereocenters. The Morgan fingerprint density at radius 1 is 0.966 bits per heavy atom. The normalized spacial score (nSPS) is 11.3. The third kappa shape index (κ3) is 5.63. The molecule has 0 radical (unpaired) electrons. The van der Waals surface area contributed by atoms with Gasteiger partial charge in [-0.25, -0.2) is 0 Å². The highest BCUT2D eigenvalue weighted by Gasteiger charge is 2.22. The fourth-order valence-electron chi connectivity index (χ4n) is 2.89. The van der Waals surface area contributed by atoms with Gasteiger partial charge in [0.25, 0.3) is 5.91 Å². The van der Waals surface area contributed by atoms with Crippen LogP contribution in [-0.4, -0.2) is 39.8 Å². The summed E-state index contributed by atoms with van der Waals surface area (Å²) in [6, 6.07) is 10.2. The largest absolute Gasteiger partial charge is 0.493 e. The van der Waals surface area contributed by atoms with E-state index >= 15 is 0 Å². The van der Waals surface area contributed by atoms with Crippen molar-refractivity contribution in [2.75, 3.05) is 27.9 Å². The predicted octanol–water partition coefficient (Wildman–Crippen LogP) is 3.45. The van der Waals surface area contributed by atoms with Gasteiger partial charge >= 0.3 is 5.97 Å². The molecule has 0 aliphatic rings. The van der Waals surface area contributed by atoms with Crippen LogP contribution in [0.15, 0.2) is 36.4 Å². The lowest BCUT2D eigenvalue weighted by atomic mass is 10.0. The Balaban J connectivity index is 2.33. The molecule has 7 heteroatoms. The predicted molar refractivity (Wildman–Crippen MR) is 109 cm³/mol. The van der Waals surface area contributed by atoms with Crippen LogP contribution in [0.25, 0.3) is 0 Å². The number of esters is 1. The number of hydrogen-bond acceptors (Lipinski definition) is 6. The topological polar surface area (TPSA) is 83.1 Å². The van der Waals surface area contributed by atoms with Crippen LogP contribution in [0.5, 0.6) is 17.2 Å². The minimum atomic E-state index is -0.541. The molecule has 0 aromatic heterocycles. The zero-order valence-corrected chi connectivity index (χ0v) is 17.4. The number of carbonyl (C=O) groups is 2. The van der Waals surface area contributed by atoms with Crippen molar-refractivity contribution in [1.82, 2.24) is 5.32 Å². The van der Waals surface area contributed by atoms with Crippen molar-refractivity contribution in [1.29, 1.82) is 0 Å². The Morgan fingerprint density at radius 2 is 1.55 bits per heavy atom. The number of ether oxygens (including phenoxy) is 4. The molecule has 0 heterocycles. The second-order valence-electron chi connectivity index (χ2n) is 6.36. The van der Waals surface area contributed by atoms with Crippen LogP contribution in [0.1, 0.15) is 40.9 Å². The number of methoxy groups -OCH3 is 3. The summed E-state index contributed by atoms with van der Waals surface area (Å²) >= 11 is 0. The number of nitrogens with one attached hydrogen (secondary N) is 1. The fraction of sp³-hybridized carbons (Fsp3) is 0.364. The minimum absolute atomic E-state index is 0.0209. The molecular weight excluding hydrogens is 374 g/mol. The average molecular weight is 401 g/mol. The Hall–Kier alpha value is -3.22. The fourth-order valence-corrected chi connectivity index (χ4v) is 2.89. The van der Waals surface area contributed by atoms with Gasteiger partial charge in [0.05, 0.1) is 40.4 Å². The molecule has 2 rings (SSSR count). The van der Waals surface area contributed by atoms with Crippen LogP contribution in [0.4, 0.5) is 0 Å². The third-order valence-electron chi connectivity index (χ3n) is 4.39.